The van der Waals surface area contributed by atoms with Crippen molar-refractivity contribution in [2.45, 2.75) is 25.8 Å². The van der Waals surface area contributed by atoms with E-state index in [-0.39, 0.29) is 5.91 Å². The van der Waals surface area contributed by atoms with Crippen LogP contribution in [-0.2, 0) is 9.59 Å². The molecule has 1 heterocycles. The zero-order valence-electron chi connectivity index (χ0n) is 6.91. The third-order valence-corrected chi connectivity index (χ3v) is 2.07. The van der Waals surface area contributed by atoms with Gasteiger partial charge in [-0.15, -0.1) is 0 Å². The van der Waals surface area contributed by atoms with Crippen molar-refractivity contribution in [2.24, 2.45) is 0 Å². The molecule has 0 radical (unpaired) electrons. The highest BCUT2D eigenvalue weighted by Gasteiger charge is 2.28. The second-order valence-electron chi connectivity index (χ2n) is 2.84. The molecule has 0 bridgehead atoms. The Hall–Kier alpha value is -1.10. The predicted octanol–water partition coefficient (Wildman–Crippen LogP) is -0.497. The number of nitrogens with zero attached hydrogens (tertiary/aromatic N) is 1. The lowest BCUT2D eigenvalue weighted by Crippen LogP contribution is -2.44. The van der Waals surface area contributed by atoms with E-state index in [1.807, 2.05) is 0 Å². The number of rotatable bonds is 2. The van der Waals surface area contributed by atoms with E-state index in [9.17, 15) is 9.59 Å². The Bertz CT molecular complexity index is 205. The number of likely N-dealkylation sites (tertiary alicyclic amines) is 1. The van der Waals surface area contributed by atoms with Gasteiger partial charge in [-0.25, -0.2) is 5.48 Å². The van der Waals surface area contributed by atoms with Gasteiger partial charge in [-0.2, -0.15) is 0 Å². The number of hydroxylamine groups is 1. The zero-order chi connectivity index (χ0) is 9.14. The number of amides is 2. The minimum Gasteiger partial charge on any atom is -0.331 e. The molecule has 0 aromatic rings. The first-order valence-electron chi connectivity index (χ1n) is 3.90. The SMILES string of the molecule is CC(C(=O)NO)N1CCCC1=O. The average molecular weight is 172 g/mol. The Labute approximate surface area is 70.3 Å². The third-order valence-electron chi connectivity index (χ3n) is 2.07. The van der Waals surface area contributed by atoms with Crippen LogP contribution in [-0.4, -0.2) is 34.5 Å². The molecule has 5 nitrogen and oxygen atoms in total. The van der Waals surface area contributed by atoms with E-state index in [1.54, 1.807) is 6.92 Å². The number of hydrogen-bond acceptors (Lipinski definition) is 3. The van der Waals surface area contributed by atoms with E-state index in [4.69, 9.17) is 5.21 Å². The van der Waals surface area contributed by atoms with E-state index in [0.717, 1.165) is 6.42 Å². The molecule has 1 unspecified atom stereocenters. The van der Waals surface area contributed by atoms with Crippen LogP contribution in [0.25, 0.3) is 0 Å². The summed E-state index contributed by atoms with van der Waals surface area (Å²) in [5.41, 5.74) is 1.53. The minimum atomic E-state index is -0.565. The van der Waals surface area contributed by atoms with Crippen LogP contribution >= 0.6 is 0 Å². The number of carbonyl (C=O) groups excluding carboxylic acids is 2. The Morgan fingerprint density at radius 3 is 2.83 bits per heavy atom. The molecular weight excluding hydrogens is 160 g/mol. The molecule has 2 amide bonds. The first-order valence-corrected chi connectivity index (χ1v) is 3.90. The van der Waals surface area contributed by atoms with E-state index >= 15 is 0 Å². The van der Waals surface area contributed by atoms with Crippen LogP contribution in [0.1, 0.15) is 19.8 Å². The monoisotopic (exact) mass is 172 g/mol. The van der Waals surface area contributed by atoms with Crippen molar-refractivity contribution in [3.8, 4) is 0 Å². The van der Waals surface area contributed by atoms with Gasteiger partial charge in [0.15, 0.2) is 0 Å². The van der Waals surface area contributed by atoms with Gasteiger partial charge in [0.1, 0.15) is 6.04 Å². The van der Waals surface area contributed by atoms with E-state index in [1.165, 1.54) is 10.4 Å². The molecule has 1 aliphatic heterocycles. The second-order valence-corrected chi connectivity index (χ2v) is 2.84. The van der Waals surface area contributed by atoms with Gasteiger partial charge in [0, 0.05) is 13.0 Å². The van der Waals surface area contributed by atoms with Crippen molar-refractivity contribution < 1.29 is 14.8 Å². The van der Waals surface area contributed by atoms with Gasteiger partial charge in [-0.05, 0) is 13.3 Å². The van der Waals surface area contributed by atoms with Gasteiger partial charge in [-0.3, -0.25) is 14.8 Å². The summed E-state index contributed by atoms with van der Waals surface area (Å²) in [5, 5.41) is 8.31. The topological polar surface area (TPSA) is 69.6 Å². The molecule has 0 aromatic carbocycles. The molecule has 1 aliphatic rings. The summed E-state index contributed by atoms with van der Waals surface area (Å²) >= 11 is 0. The van der Waals surface area contributed by atoms with Crippen molar-refractivity contribution in [1.82, 2.24) is 10.4 Å². The predicted molar refractivity (Wildman–Crippen MR) is 40.3 cm³/mol. The Morgan fingerprint density at radius 1 is 1.75 bits per heavy atom. The van der Waals surface area contributed by atoms with E-state index in [2.05, 4.69) is 0 Å². The smallest absolute Gasteiger partial charge is 0.265 e. The summed E-state index contributed by atoms with van der Waals surface area (Å²) in [4.78, 5) is 23.5. The first kappa shape index (κ1) is 8.99. The number of nitrogens with one attached hydrogen (secondary N) is 1. The molecule has 1 rings (SSSR count). The standard InChI is InChI=1S/C7H12N2O3/c1-5(7(11)8-12)9-4-2-3-6(9)10/h5,12H,2-4H2,1H3,(H,8,11). The maximum atomic E-state index is 11.1. The van der Waals surface area contributed by atoms with Crippen LogP contribution in [0.4, 0.5) is 0 Å². The molecule has 1 atom stereocenters. The maximum absolute atomic E-state index is 11.1. The first-order chi connectivity index (χ1) is 5.66. The van der Waals surface area contributed by atoms with E-state index < -0.39 is 11.9 Å². The Morgan fingerprint density at radius 2 is 2.42 bits per heavy atom. The van der Waals surface area contributed by atoms with Gasteiger partial charge < -0.3 is 4.90 Å². The lowest BCUT2D eigenvalue weighted by Gasteiger charge is -2.21. The third kappa shape index (κ3) is 1.55. The molecule has 12 heavy (non-hydrogen) atoms. The highest BCUT2D eigenvalue weighted by molar-refractivity contribution is 5.87. The average Bonchev–Trinajstić information content (AvgIpc) is 2.48. The maximum Gasteiger partial charge on any atom is 0.265 e. The quantitative estimate of drug-likeness (QED) is 0.436. The van der Waals surface area contributed by atoms with Crippen molar-refractivity contribution in [1.29, 1.82) is 0 Å². The lowest BCUT2D eigenvalue weighted by atomic mass is 10.3. The van der Waals surface area contributed by atoms with Gasteiger partial charge in [0.25, 0.3) is 5.91 Å². The fraction of sp³-hybridized carbons (Fsp3) is 0.714. The Balaban J connectivity index is 2.57. The molecule has 0 aromatic heterocycles. The van der Waals surface area contributed by atoms with Crippen LogP contribution in [0.15, 0.2) is 0 Å². The number of hydrogen-bond donors (Lipinski definition) is 2. The summed E-state index contributed by atoms with van der Waals surface area (Å²) < 4.78 is 0. The van der Waals surface area contributed by atoms with Crippen LogP contribution in [0.3, 0.4) is 0 Å². The molecule has 1 fully saturated rings. The molecular formula is C7H12N2O3. The van der Waals surface area contributed by atoms with Crippen LogP contribution in [0.2, 0.25) is 0 Å². The summed E-state index contributed by atoms with van der Waals surface area (Å²) in [6.45, 7) is 2.20. The van der Waals surface area contributed by atoms with Crippen molar-refractivity contribution in [2.75, 3.05) is 6.54 Å². The van der Waals surface area contributed by atoms with Crippen LogP contribution < -0.4 is 5.48 Å². The van der Waals surface area contributed by atoms with Crippen LogP contribution in [0, 0.1) is 0 Å². The summed E-state index contributed by atoms with van der Waals surface area (Å²) in [5.74, 6) is -0.559. The minimum absolute atomic E-state index is 0.0221. The molecule has 0 spiro atoms. The van der Waals surface area contributed by atoms with Crippen LogP contribution in [0.5, 0.6) is 0 Å². The summed E-state index contributed by atoms with van der Waals surface area (Å²) in [7, 11) is 0. The second kappa shape index (κ2) is 3.53. The summed E-state index contributed by atoms with van der Waals surface area (Å²) in [6, 6.07) is -0.565. The molecule has 68 valence electrons. The number of carbonyl (C=O) groups is 2. The van der Waals surface area contributed by atoms with Crippen molar-refractivity contribution in [3.63, 3.8) is 0 Å². The lowest BCUT2D eigenvalue weighted by molar-refractivity contribution is -0.141. The normalized spacial score (nSPS) is 19.5. The summed E-state index contributed by atoms with van der Waals surface area (Å²) in [6.07, 6.45) is 1.30. The van der Waals surface area contributed by atoms with Crippen molar-refractivity contribution in [3.05, 3.63) is 0 Å². The van der Waals surface area contributed by atoms with Crippen molar-refractivity contribution >= 4 is 11.8 Å². The Kier molecular flexibility index (Phi) is 2.65. The fourth-order valence-corrected chi connectivity index (χ4v) is 1.31. The highest BCUT2D eigenvalue weighted by Crippen LogP contribution is 2.12. The zero-order valence-corrected chi connectivity index (χ0v) is 6.91. The van der Waals surface area contributed by atoms with E-state index in [0.29, 0.717) is 13.0 Å². The van der Waals surface area contributed by atoms with Gasteiger partial charge in [-0.1, -0.05) is 0 Å². The molecule has 0 aliphatic carbocycles. The molecule has 0 saturated carbocycles. The van der Waals surface area contributed by atoms with Gasteiger partial charge in [0.2, 0.25) is 5.91 Å². The molecule has 2 N–H and O–H groups in total. The van der Waals surface area contributed by atoms with Gasteiger partial charge in [0.05, 0.1) is 0 Å². The van der Waals surface area contributed by atoms with Gasteiger partial charge >= 0.3 is 0 Å². The fourth-order valence-electron chi connectivity index (χ4n) is 1.31. The molecule has 1 saturated heterocycles. The highest BCUT2D eigenvalue weighted by atomic mass is 16.5. The largest absolute Gasteiger partial charge is 0.331 e. The molecule has 5 heteroatoms.